The van der Waals surface area contributed by atoms with Crippen LogP contribution in [0, 0.1) is 5.92 Å². The summed E-state index contributed by atoms with van der Waals surface area (Å²) < 4.78 is 0. The third-order valence-electron chi connectivity index (χ3n) is 4.40. The van der Waals surface area contributed by atoms with Crippen molar-refractivity contribution >= 4 is 11.9 Å². The maximum Gasteiger partial charge on any atom is 0.320 e. The van der Waals surface area contributed by atoms with Crippen LogP contribution < -0.4 is 10.6 Å². The van der Waals surface area contributed by atoms with Crippen molar-refractivity contribution in [2.75, 3.05) is 26.2 Å². The van der Waals surface area contributed by atoms with Crippen LogP contribution in [0.4, 0.5) is 0 Å². The molecule has 3 N–H and O–H groups in total. The number of nitrogens with zero attached hydrogens (tertiary/aromatic N) is 1. The lowest BCUT2D eigenvalue weighted by Gasteiger charge is -2.35. The van der Waals surface area contributed by atoms with Crippen molar-refractivity contribution in [3.63, 3.8) is 0 Å². The van der Waals surface area contributed by atoms with Gasteiger partial charge < -0.3 is 15.7 Å². The highest BCUT2D eigenvalue weighted by Gasteiger charge is 2.28. The van der Waals surface area contributed by atoms with Crippen LogP contribution in [0.3, 0.4) is 0 Å². The van der Waals surface area contributed by atoms with Crippen molar-refractivity contribution in [1.29, 1.82) is 0 Å². The van der Waals surface area contributed by atoms with Crippen LogP contribution in [0.25, 0.3) is 0 Å². The van der Waals surface area contributed by atoms with E-state index in [2.05, 4.69) is 10.6 Å². The zero-order valence-electron chi connectivity index (χ0n) is 12.1. The predicted octanol–water partition coefficient (Wildman–Crippen LogP) is 0.0397. The molecule has 0 radical (unpaired) electrons. The van der Waals surface area contributed by atoms with E-state index >= 15 is 0 Å². The molecule has 2 fully saturated rings. The largest absolute Gasteiger partial charge is 0.480 e. The lowest BCUT2D eigenvalue weighted by molar-refractivity contribution is -0.143. The fourth-order valence-electron chi connectivity index (χ4n) is 3.05. The van der Waals surface area contributed by atoms with Crippen molar-refractivity contribution < 1.29 is 14.7 Å². The number of hydrogen-bond acceptors (Lipinski definition) is 4. The molecule has 0 aromatic carbocycles. The van der Waals surface area contributed by atoms with Crippen molar-refractivity contribution in [2.24, 2.45) is 5.92 Å². The van der Waals surface area contributed by atoms with E-state index in [-0.39, 0.29) is 11.9 Å². The number of carbonyl (C=O) groups is 2. The summed E-state index contributed by atoms with van der Waals surface area (Å²) in [5, 5.41) is 15.3. The Hall–Kier alpha value is -1.14. The van der Waals surface area contributed by atoms with Crippen LogP contribution in [0.1, 0.15) is 32.6 Å². The molecule has 6 nitrogen and oxygen atoms in total. The van der Waals surface area contributed by atoms with Gasteiger partial charge in [0, 0.05) is 13.1 Å². The number of carboxylic acid groups (broad SMARTS) is 1. The lowest BCUT2D eigenvalue weighted by atomic mass is 9.96. The smallest absolute Gasteiger partial charge is 0.320 e. The first-order valence-electron chi connectivity index (χ1n) is 7.56. The van der Waals surface area contributed by atoms with Gasteiger partial charge in [0.1, 0.15) is 6.04 Å². The number of amides is 1. The number of hydrogen-bond donors (Lipinski definition) is 3. The molecule has 0 aromatic rings. The van der Waals surface area contributed by atoms with Crippen LogP contribution in [0.15, 0.2) is 0 Å². The van der Waals surface area contributed by atoms with Gasteiger partial charge in [-0.15, -0.1) is 0 Å². The highest BCUT2D eigenvalue weighted by molar-refractivity contribution is 5.82. The quantitative estimate of drug-likeness (QED) is 0.664. The minimum Gasteiger partial charge on any atom is -0.480 e. The molecular formula is C14H25N3O3. The Morgan fingerprint density at radius 3 is 2.85 bits per heavy atom. The average molecular weight is 283 g/mol. The van der Waals surface area contributed by atoms with Crippen LogP contribution in [-0.2, 0) is 9.59 Å². The van der Waals surface area contributed by atoms with E-state index in [0.717, 1.165) is 45.3 Å². The molecule has 0 bridgehead atoms. The number of rotatable bonds is 5. The zero-order chi connectivity index (χ0) is 14.5. The topological polar surface area (TPSA) is 81.7 Å². The Bertz CT molecular complexity index is 356. The van der Waals surface area contributed by atoms with E-state index in [9.17, 15) is 9.59 Å². The Kier molecular flexibility index (Phi) is 5.37. The highest BCUT2D eigenvalue weighted by atomic mass is 16.4. The molecule has 20 heavy (non-hydrogen) atoms. The van der Waals surface area contributed by atoms with E-state index < -0.39 is 12.0 Å². The van der Waals surface area contributed by atoms with Gasteiger partial charge in [-0.2, -0.15) is 0 Å². The minimum absolute atomic E-state index is 0.0346. The van der Waals surface area contributed by atoms with E-state index in [0.29, 0.717) is 12.5 Å². The SMILES string of the molecule is CC(C(=O)O)N1CCCC(CNC(=O)C2CCCN2)C1. The maximum absolute atomic E-state index is 11.9. The van der Waals surface area contributed by atoms with Gasteiger partial charge in [-0.3, -0.25) is 14.5 Å². The average Bonchev–Trinajstić information content (AvgIpc) is 2.98. The van der Waals surface area contributed by atoms with E-state index in [4.69, 9.17) is 5.11 Å². The van der Waals surface area contributed by atoms with Crippen LogP contribution in [0.2, 0.25) is 0 Å². The minimum atomic E-state index is -0.773. The second-order valence-electron chi connectivity index (χ2n) is 5.91. The van der Waals surface area contributed by atoms with Crippen molar-refractivity contribution in [3.05, 3.63) is 0 Å². The molecule has 3 atom stereocenters. The fraction of sp³-hybridized carbons (Fsp3) is 0.857. The van der Waals surface area contributed by atoms with Crippen molar-refractivity contribution in [3.8, 4) is 0 Å². The standard InChI is InChI=1S/C14H25N3O3/c1-10(14(19)20)17-7-3-4-11(9-17)8-16-13(18)12-5-2-6-15-12/h10-12,15H,2-9H2,1H3,(H,16,18)(H,19,20). The van der Waals surface area contributed by atoms with Gasteiger partial charge in [0.2, 0.25) is 5.91 Å². The van der Waals surface area contributed by atoms with Crippen LogP contribution in [0.5, 0.6) is 0 Å². The summed E-state index contributed by atoms with van der Waals surface area (Å²) in [6.07, 6.45) is 4.03. The summed E-state index contributed by atoms with van der Waals surface area (Å²) in [7, 11) is 0. The van der Waals surface area contributed by atoms with Gasteiger partial charge in [-0.05, 0) is 51.6 Å². The molecule has 0 saturated carbocycles. The number of aliphatic carboxylic acids is 1. The van der Waals surface area contributed by atoms with Gasteiger partial charge in [-0.1, -0.05) is 0 Å². The Labute approximate surface area is 119 Å². The first kappa shape index (κ1) is 15.3. The van der Waals surface area contributed by atoms with E-state index in [1.807, 2.05) is 4.90 Å². The molecule has 2 heterocycles. The molecule has 3 unspecified atom stereocenters. The highest BCUT2D eigenvalue weighted by Crippen LogP contribution is 2.18. The summed E-state index contributed by atoms with van der Waals surface area (Å²) in [6, 6.07) is -0.474. The monoisotopic (exact) mass is 283 g/mol. The second kappa shape index (κ2) is 7.04. The summed E-state index contributed by atoms with van der Waals surface area (Å²) >= 11 is 0. The van der Waals surface area contributed by atoms with Crippen molar-refractivity contribution in [2.45, 2.75) is 44.7 Å². The van der Waals surface area contributed by atoms with Gasteiger partial charge in [0.05, 0.1) is 6.04 Å². The number of carbonyl (C=O) groups excluding carboxylic acids is 1. The van der Waals surface area contributed by atoms with E-state index in [1.54, 1.807) is 6.92 Å². The predicted molar refractivity (Wildman–Crippen MR) is 75.4 cm³/mol. The first-order valence-corrected chi connectivity index (χ1v) is 7.56. The molecule has 2 aliphatic heterocycles. The van der Waals surface area contributed by atoms with Crippen molar-refractivity contribution in [1.82, 2.24) is 15.5 Å². The second-order valence-corrected chi connectivity index (χ2v) is 5.91. The first-order chi connectivity index (χ1) is 9.58. The molecule has 0 aromatic heterocycles. The molecule has 2 aliphatic rings. The fourth-order valence-corrected chi connectivity index (χ4v) is 3.05. The molecule has 1 amide bonds. The Balaban J connectivity index is 1.75. The third-order valence-corrected chi connectivity index (χ3v) is 4.40. The van der Waals surface area contributed by atoms with Gasteiger partial charge in [0.25, 0.3) is 0 Å². The molecule has 0 aliphatic carbocycles. The summed E-state index contributed by atoms with van der Waals surface area (Å²) in [5.74, 6) is -0.327. The summed E-state index contributed by atoms with van der Waals surface area (Å²) in [4.78, 5) is 25.0. The third kappa shape index (κ3) is 3.93. The lowest BCUT2D eigenvalue weighted by Crippen LogP contribution is -2.49. The van der Waals surface area contributed by atoms with Crippen LogP contribution >= 0.6 is 0 Å². The Morgan fingerprint density at radius 2 is 2.20 bits per heavy atom. The van der Waals surface area contributed by atoms with E-state index in [1.165, 1.54) is 0 Å². The zero-order valence-corrected chi connectivity index (χ0v) is 12.1. The normalized spacial score (nSPS) is 29.1. The number of nitrogens with one attached hydrogen (secondary N) is 2. The molecule has 114 valence electrons. The number of carboxylic acids is 1. The van der Waals surface area contributed by atoms with Gasteiger partial charge >= 0.3 is 5.97 Å². The molecule has 6 heteroatoms. The Morgan fingerprint density at radius 1 is 1.40 bits per heavy atom. The molecule has 0 spiro atoms. The number of likely N-dealkylation sites (tertiary alicyclic amines) is 1. The molecule has 2 rings (SSSR count). The van der Waals surface area contributed by atoms with Gasteiger partial charge in [-0.25, -0.2) is 0 Å². The van der Waals surface area contributed by atoms with Gasteiger partial charge in [0.15, 0.2) is 0 Å². The summed E-state index contributed by atoms with van der Waals surface area (Å²) in [6.45, 7) is 4.89. The molecular weight excluding hydrogens is 258 g/mol. The summed E-state index contributed by atoms with van der Waals surface area (Å²) in [5.41, 5.74) is 0. The van der Waals surface area contributed by atoms with Crippen LogP contribution in [-0.4, -0.2) is 60.1 Å². The molecule has 2 saturated heterocycles. The maximum atomic E-state index is 11.9. The number of piperidine rings is 1.